The van der Waals surface area contributed by atoms with Crippen molar-refractivity contribution in [2.45, 2.75) is 52.1 Å². The molecule has 0 saturated carbocycles. The first-order chi connectivity index (χ1) is 12.3. The van der Waals surface area contributed by atoms with E-state index in [1.807, 2.05) is 12.1 Å². The quantitative estimate of drug-likeness (QED) is 0.529. The first-order valence-electron chi connectivity index (χ1n) is 9.38. The van der Waals surface area contributed by atoms with Gasteiger partial charge in [-0.2, -0.15) is 0 Å². The normalized spacial score (nSPS) is 10.6. The van der Waals surface area contributed by atoms with Gasteiger partial charge in [-0.3, -0.25) is 0 Å². The molecule has 0 saturated heterocycles. The molecule has 0 aliphatic rings. The van der Waals surface area contributed by atoms with Crippen molar-refractivity contribution >= 4 is 0 Å². The third kappa shape index (κ3) is 7.18. The van der Waals surface area contributed by atoms with Gasteiger partial charge in [0.15, 0.2) is 11.5 Å². The van der Waals surface area contributed by atoms with E-state index in [0.29, 0.717) is 0 Å². The molecule has 0 bridgehead atoms. The molecule has 3 heteroatoms. The van der Waals surface area contributed by atoms with Gasteiger partial charge in [-0.1, -0.05) is 69.0 Å². The van der Waals surface area contributed by atoms with E-state index in [9.17, 15) is 0 Å². The molecular weight excluding hydrogens is 310 g/mol. The number of hydrogen-bond donors (Lipinski definition) is 1. The average Bonchev–Trinajstić information content (AvgIpc) is 2.66. The highest BCUT2D eigenvalue weighted by Gasteiger charge is 2.06. The van der Waals surface area contributed by atoms with Crippen LogP contribution in [0.4, 0.5) is 0 Å². The second kappa shape index (κ2) is 11.5. The maximum atomic E-state index is 5.89. The summed E-state index contributed by atoms with van der Waals surface area (Å²) in [5.74, 6) is 1.65. The van der Waals surface area contributed by atoms with Crippen molar-refractivity contribution in [3.8, 4) is 11.5 Å². The van der Waals surface area contributed by atoms with Gasteiger partial charge in [0.2, 0.25) is 0 Å². The van der Waals surface area contributed by atoms with Crippen molar-refractivity contribution in [2.75, 3.05) is 13.7 Å². The van der Waals surface area contributed by atoms with Gasteiger partial charge in [0, 0.05) is 13.1 Å². The Labute approximate surface area is 152 Å². The summed E-state index contributed by atoms with van der Waals surface area (Å²) in [5, 5.41) is 3.46. The number of rotatable bonds is 12. The molecule has 3 nitrogen and oxygen atoms in total. The lowest BCUT2D eigenvalue weighted by atomic mass is 10.1. The number of methoxy groups -OCH3 is 1. The maximum absolute atomic E-state index is 5.89. The van der Waals surface area contributed by atoms with Crippen molar-refractivity contribution in [1.29, 1.82) is 0 Å². The van der Waals surface area contributed by atoms with Crippen molar-refractivity contribution in [1.82, 2.24) is 5.32 Å². The van der Waals surface area contributed by atoms with Crippen LogP contribution in [0.2, 0.25) is 0 Å². The lowest BCUT2D eigenvalue weighted by Crippen LogP contribution is -2.12. The SMILES string of the molecule is CCCCCCCOc1ccc(CNCc2ccccc2)cc1OC. The van der Waals surface area contributed by atoms with Crippen molar-refractivity contribution in [3.05, 3.63) is 59.7 Å². The van der Waals surface area contributed by atoms with E-state index in [-0.39, 0.29) is 0 Å². The van der Waals surface area contributed by atoms with Crippen LogP contribution in [0.3, 0.4) is 0 Å². The Hall–Kier alpha value is -2.00. The van der Waals surface area contributed by atoms with Gasteiger partial charge in [-0.25, -0.2) is 0 Å². The van der Waals surface area contributed by atoms with Gasteiger partial charge in [0.25, 0.3) is 0 Å². The van der Waals surface area contributed by atoms with Crippen LogP contribution >= 0.6 is 0 Å². The Balaban J connectivity index is 1.77. The summed E-state index contributed by atoms with van der Waals surface area (Å²) in [5.41, 5.74) is 2.49. The largest absolute Gasteiger partial charge is 0.493 e. The summed E-state index contributed by atoms with van der Waals surface area (Å²) in [7, 11) is 1.70. The predicted octanol–water partition coefficient (Wildman–Crippen LogP) is 5.33. The Kier molecular flexibility index (Phi) is 8.92. The maximum Gasteiger partial charge on any atom is 0.161 e. The minimum Gasteiger partial charge on any atom is -0.493 e. The Morgan fingerprint density at radius 1 is 0.800 bits per heavy atom. The molecule has 1 N–H and O–H groups in total. The fraction of sp³-hybridized carbons (Fsp3) is 0.455. The molecule has 0 unspecified atom stereocenters. The van der Waals surface area contributed by atoms with Crippen LogP contribution in [-0.2, 0) is 13.1 Å². The molecular formula is C22H31NO2. The third-order valence-electron chi connectivity index (χ3n) is 4.23. The molecule has 0 atom stereocenters. The molecule has 0 heterocycles. The molecule has 2 aromatic carbocycles. The molecule has 2 aromatic rings. The van der Waals surface area contributed by atoms with E-state index in [4.69, 9.17) is 9.47 Å². The molecule has 0 aliphatic heterocycles. The van der Waals surface area contributed by atoms with Crippen molar-refractivity contribution < 1.29 is 9.47 Å². The molecule has 0 radical (unpaired) electrons. The first kappa shape index (κ1) is 19.3. The van der Waals surface area contributed by atoms with E-state index in [1.54, 1.807) is 7.11 Å². The summed E-state index contributed by atoms with van der Waals surface area (Å²) in [6, 6.07) is 16.6. The number of hydrogen-bond acceptors (Lipinski definition) is 3. The van der Waals surface area contributed by atoms with Gasteiger partial charge in [0.1, 0.15) is 0 Å². The van der Waals surface area contributed by atoms with Gasteiger partial charge >= 0.3 is 0 Å². The predicted molar refractivity (Wildman–Crippen MR) is 104 cm³/mol. The van der Waals surface area contributed by atoms with Gasteiger partial charge in [-0.15, -0.1) is 0 Å². The first-order valence-corrected chi connectivity index (χ1v) is 9.38. The zero-order valence-corrected chi connectivity index (χ0v) is 15.6. The van der Waals surface area contributed by atoms with Crippen LogP contribution in [0.5, 0.6) is 11.5 Å². The van der Waals surface area contributed by atoms with E-state index >= 15 is 0 Å². The van der Waals surface area contributed by atoms with Crippen molar-refractivity contribution in [2.24, 2.45) is 0 Å². The standard InChI is InChI=1S/C22H31NO2/c1-3-4-5-6-10-15-25-21-14-13-20(16-22(21)24-2)18-23-17-19-11-8-7-9-12-19/h7-9,11-14,16,23H,3-6,10,15,17-18H2,1-2H3. The Morgan fingerprint density at radius 2 is 1.56 bits per heavy atom. The topological polar surface area (TPSA) is 30.5 Å². The molecule has 136 valence electrons. The number of unbranched alkanes of at least 4 members (excludes halogenated alkanes) is 4. The highest BCUT2D eigenvalue weighted by atomic mass is 16.5. The van der Waals surface area contributed by atoms with Crippen LogP contribution in [0, 0.1) is 0 Å². The van der Waals surface area contributed by atoms with Crippen LogP contribution in [0.15, 0.2) is 48.5 Å². The zero-order valence-electron chi connectivity index (χ0n) is 15.6. The van der Waals surface area contributed by atoms with Crippen molar-refractivity contribution in [3.63, 3.8) is 0 Å². The van der Waals surface area contributed by atoms with Crippen LogP contribution in [-0.4, -0.2) is 13.7 Å². The minimum absolute atomic E-state index is 0.756. The average molecular weight is 341 g/mol. The number of nitrogens with one attached hydrogen (secondary N) is 1. The fourth-order valence-electron chi connectivity index (χ4n) is 2.78. The van der Waals surface area contributed by atoms with E-state index in [1.165, 1.54) is 36.8 Å². The minimum atomic E-state index is 0.756. The van der Waals surface area contributed by atoms with E-state index < -0.39 is 0 Å². The lowest BCUT2D eigenvalue weighted by molar-refractivity contribution is 0.284. The summed E-state index contributed by atoms with van der Waals surface area (Å²) in [6.07, 6.45) is 6.21. The Morgan fingerprint density at radius 3 is 2.32 bits per heavy atom. The lowest BCUT2D eigenvalue weighted by Gasteiger charge is -2.13. The molecule has 25 heavy (non-hydrogen) atoms. The fourth-order valence-corrected chi connectivity index (χ4v) is 2.78. The van der Waals surface area contributed by atoms with Gasteiger partial charge in [0.05, 0.1) is 13.7 Å². The van der Waals surface area contributed by atoms with Crippen LogP contribution < -0.4 is 14.8 Å². The number of ether oxygens (including phenoxy) is 2. The van der Waals surface area contributed by atoms with Crippen LogP contribution in [0.1, 0.15) is 50.2 Å². The zero-order chi connectivity index (χ0) is 17.7. The molecule has 0 spiro atoms. The number of benzene rings is 2. The summed E-state index contributed by atoms with van der Waals surface area (Å²) in [6.45, 7) is 4.66. The highest BCUT2D eigenvalue weighted by Crippen LogP contribution is 2.28. The second-order valence-electron chi connectivity index (χ2n) is 6.34. The van der Waals surface area contributed by atoms with Crippen LogP contribution in [0.25, 0.3) is 0 Å². The molecule has 0 aliphatic carbocycles. The van der Waals surface area contributed by atoms with E-state index in [0.717, 1.165) is 37.6 Å². The highest BCUT2D eigenvalue weighted by molar-refractivity contribution is 5.43. The third-order valence-corrected chi connectivity index (χ3v) is 4.23. The summed E-state index contributed by atoms with van der Waals surface area (Å²) in [4.78, 5) is 0. The smallest absolute Gasteiger partial charge is 0.161 e. The summed E-state index contributed by atoms with van der Waals surface area (Å²) >= 11 is 0. The van der Waals surface area contributed by atoms with Gasteiger partial charge < -0.3 is 14.8 Å². The molecule has 0 amide bonds. The molecule has 0 fully saturated rings. The monoisotopic (exact) mass is 341 g/mol. The second-order valence-corrected chi connectivity index (χ2v) is 6.34. The van der Waals surface area contributed by atoms with E-state index in [2.05, 4.69) is 48.6 Å². The van der Waals surface area contributed by atoms with Gasteiger partial charge in [-0.05, 0) is 29.7 Å². The Bertz CT molecular complexity index is 598. The molecule has 2 rings (SSSR count). The summed E-state index contributed by atoms with van der Waals surface area (Å²) < 4.78 is 11.4. The molecule has 0 aromatic heterocycles.